The number of rotatable bonds is 4. The third-order valence-electron chi connectivity index (χ3n) is 2.66. The highest BCUT2D eigenvalue weighted by atomic mass is 79.9. The molecule has 0 heterocycles. The van der Waals surface area contributed by atoms with Gasteiger partial charge in [0.25, 0.3) is 0 Å². The standard InChI is InChI=1S/C14H12BrFN2O/c15-11-3-5-12(6-4-11)18-8-10-2-1-9(14(17)19)7-13(10)16/h1-7,18H,8H2,(H2,17,19). The molecule has 0 spiro atoms. The zero-order chi connectivity index (χ0) is 13.8. The molecule has 1 amide bonds. The lowest BCUT2D eigenvalue weighted by Crippen LogP contribution is -2.12. The summed E-state index contributed by atoms with van der Waals surface area (Å²) in [4.78, 5) is 10.9. The van der Waals surface area contributed by atoms with Crippen LogP contribution in [0, 0.1) is 5.82 Å². The molecular weight excluding hydrogens is 311 g/mol. The summed E-state index contributed by atoms with van der Waals surface area (Å²) in [5.41, 5.74) is 6.63. The molecule has 2 aromatic carbocycles. The Labute approximate surface area is 118 Å². The van der Waals surface area contributed by atoms with Crippen molar-refractivity contribution in [3.63, 3.8) is 0 Å². The molecule has 0 saturated carbocycles. The van der Waals surface area contributed by atoms with Gasteiger partial charge in [0.15, 0.2) is 0 Å². The minimum Gasteiger partial charge on any atom is -0.381 e. The third-order valence-corrected chi connectivity index (χ3v) is 3.19. The van der Waals surface area contributed by atoms with E-state index < -0.39 is 11.7 Å². The number of halogens is 2. The molecule has 0 aliphatic heterocycles. The van der Waals surface area contributed by atoms with Crippen molar-refractivity contribution in [2.75, 3.05) is 5.32 Å². The number of nitrogens with two attached hydrogens (primary N) is 1. The summed E-state index contributed by atoms with van der Waals surface area (Å²) in [6.07, 6.45) is 0. The van der Waals surface area contributed by atoms with Crippen LogP contribution in [0.5, 0.6) is 0 Å². The van der Waals surface area contributed by atoms with Gasteiger partial charge in [0.05, 0.1) is 0 Å². The van der Waals surface area contributed by atoms with E-state index in [0.717, 1.165) is 16.2 Å². The first-order chi connectivity index (χ1) is 9.06. The van der Waals surface area contributed by atoms with Gasteiger partial charge in [-0.15, -0.1) is 0 Å². The average Bonchev–Trinajstić information content (AvgIpc) is 2.39. The summed E-state index contributed by atoms with van der Waals surface area (Å²) < 4.78 is 14.7. The molecule has 2 aromatic rings. The molecule has 0 atom stereocenters. The van der Waals surface area contributed by atoms with Crippen LogP contribution in [0.3, 0.4) is 0 Å². The van der Waals surface area contributed by atoms with Crippen molar-refractivity contribution in [2.24, 2.45) is 5.73 Å². The van der Waals surface area contributed by atoms with Gasteiger partial charge in [-0.05, 0) is 36.4 Å². The molecule has 3 N–H and O–H groups in total. The smallest absolute Gasteiger partial charge is 0.248 e. The van der Waals surface area contributed by atoms with Crippen molar-refractivity contribution < 1.29 is 9.18 Å². The summed E-state index contributed by atoms with van der Waals surface area (Å²) >= 11 is 3.34. The molecule has 0 aliphatic carbocycles. The predicted molar refractivity (Wildman–Crippen MR) is 76.4 cm³/mol. The number of nitrogens with one attached hydrogen (secondary N) is 1. The Bertz CT molecular complexity index is 599. The molecule has 2 rings (SSSR count). The van der Waals surface area contributed by atoms with Crippen LogP contribution in [0.15, 0.2) is 46.9 Å². The van der Waals surface area contributed by atoms with Gasteiger partial charge in [0.1, 0.15) is 5.82 Å². The van der Waals surface area contributed by atoms with E-state index in [0.29, 0.717) is 12.1 Å². The highest BCUT2D eigenvalue weighted by molar-refractivity contribution is 9.10. The van der Waals surface area contributed by atoms with Gasteiger partial charge in [-0.2, -0.15) is 0 Å². The zero-order valence-electron chi connectivity index (χ0n) is 9.99. The maximum Gasteiger partial charge on any atom is 0.248 e. The number of anilines is 1. The van der Waals surface area contributed by atoms with Crippen LogP contribution in [-0.4, -0.2) is 5.91 Å². The van der Waals surface area contributed by atoms with Gasteiger partial charge in [0.2, 0.25) is 5.91 Å². The van der Waals surface area contributed by atoms with Crippen LogP contribution >= 0.6 is 15.9 Å². The molecular formula is C14H12BrFN2O. The topological polar surface area (TPSA) is 55.1 Å². The summed E-state index contributed by atoms with van der Waals surface area (Å²) in [6.45, 7) is 0.340. The third kappa shape index (κ3) is 3.54. The van der Waals surface area contributed by atoms with Crippen molar-refractivity contribution in [3.8, 4) is 0 Å². The van der Waals surface area contributed by atoms with Crippen molar-refractivity contribution in [3.05, 3.63) is 63.9 Å². The molecule has 0 aliphatic rings. The van der Waals surface area contributed by atoms with Crippen LogP contribution in [0.25, 0.3) is 0 Å². The Morgan fingerprint density at radius 2 is 1.89 bits per heavy atom. The van der Waals surface area contributed by atoms with E-state index in [1.54, 1.807) is 6.07 Å². The zero-order valence-corrected chi connectivity index (χ0v) is 11.6. The lowest BCUT2D eigenvalue weighted by molar-refractivity contribution is 0.1000. The Balaban J connectivity index is 2.07. The lowest BCUT2D eigenvalue weighted by atomic mass is 10.1. The number of hydrogen-bond acceptors (Lipinski definition) is 2. The molecule has 0 fully saturated rings. The van der Waals surface area contributed by atoms with Gasteiger partial charge < -0.3 is 11.1 Å². The van der Waals surface area contributed by atoms with Crippen LogP contribution in [-0.2, 0) is 6.54 Å². The fraction of sp³-hybridized carbons (Fsp3) is 0.0714. The number of carbonyl (C=O) groups is 1. The second kappa shape index (κ2) is 5.84. The van der Waals surface area contributed by atoms with E-state index in [-0.39, 0.29) is 5.56 Å². The maximum absolute atomic E-state index is 13.7. The summed E-state index contributed by atoms with van der Waals surface area (Å²) in [7, 11) is 0. The maximum atomic E-state index is 13.7. The second-order valence-electron chi connectivity index (χ2n) is 4.03. The first-order valence-corrected chi connectivity index (χ1v) is 6.43. The van der Waals surface area contributed by atoms with Gasteiger partial charge in [-0.1, -0.05) is 22.0 Å². The molecule has 0 bridgehead atoms. The van der Waals surface area contributed by atoms with Gasteiger partial charge in [0, 0.05) is 27.8 Å². The fourth-order valence-electron chi connectivity index (χ4n) is 1.61. The first kappa shape index (κ1) is 13.5. The van der Waals surface area contributed by atoms with Gasteiger partial charge >= 0.3 is 0 Å². The van der Waals surface area contributed by atoms with Crippen molar-refractivity contribution in [1.82, 2.24) is 0 Å². The van der Waals surface area contributed by atoms with Crippen molar-refractivity contribution in [2.45, 2.75) is 6.54 Å². The highest BCUT2D eigenvalue weighted by Gasteiger charge is 2.06. The average molecular weight is 323 g/mol. The summed E-state index contributed by atoms with van der Waals surface area (Å²) in [5, 5.41) is 3.10. The Morgan fingerprint density at radius 1 is 1.21 bits per heavy atom. The van der Waals surface area contributed by atoms with Crippen LogP contribution in [0.2, 0.25) is 0 Å². The quantitative estimate of drug-likeness (QED) is 0.907. The SMILES string of the molecule is NC(=O)c1ccc(CNc2ccc(Br)cc2)c(F)c1. The Morgan fingerprint density at radius 3 is 2.47 bits per heavy atom. The van der Waals surface area contributed by atoms with Crippen LogP contribution < -0.4 is 11.1 Å². The fourth-order valence-corrected chi connectivity index (χ4v) is 1.87. The minimum atomic E-state index is -0.633. The second-order valence-corrected chi connectivity index (χ2v) is 4.95. The molecule has 98 valence electrons. The monoisotopic (exact) mass is 322 g/mol. The van der Waals surface area contributed by atoms with Crippen molar-refractivity contribution >= 4 is 27.5 Å². The largest absolute Gasteiger partial charge is 0.381 e. The molecule has 3 nitrogen and oxygen atoms in total. The Kier molecular flexibility index (Phi) is 4.16. The van der Waals surface area contributed by atoms with E-state index in [1.807, 2.05) is 24.3 Å². The van der Waals surface area contributed by atoms with Crippen LogP contribution in [0.1, 0.15) is 15.9 Å². The predicted octanol–water partition coefficient (Wildman–Crippen LogP) is 3.30. The number of primary amides is 1. The van der Waals surface area contributed by atoms with E-state index in [9.17, 15) is 9.18 Å². The number of hydrogen-bond donors (Lipinski definition) is 2. The first-order valence-electron chi connectivity index (χ1n) is 5.64. The lowest BCUT2D eigenvalue weighted by Gasteiger charge is -2.08. The summed E-state index contributed by atoms with van der Waals surface area (Å²) in [6, 6.07) is 11.8. The van der Waals surface area contributed by atoms with Gasteiger partial charge in [-0.3, -0.25) is 4.79 Å². The molecule has 0 saturated heterocycles. The van der Waals surface area contributed by atoms with E-state index in [2.05, 4.69) is 21.2 Å². The summed E-state index contributed by atoms with van der Waals surface area (Å²) in [5.74, 6) is -1.08. The van der Waals surface area contributed by atoms with E-state index in [4.69, 9.17) is 5.73 Å². The van der Waals surface area contributed by atoms with E-state index in [1.165, 1.54) is 6.07 Å². The number of amides is 1. The van der Waals surface area contributed by atoms with Crippen LogP contribution in [0.4, 0.5) is 10.1 Å². The molecule has 19 heavy (non-hydrogen) atoms. The number of benzene rings is 2. The Hall–Kier alpha value is -1.88. The van der Waals surface area contributed by atoms with Gasteiger partial charge in [-0.25, -0.2) is 4.39 Å². The number of carbonyl (C=O) groups excluding carboxylic acids is 1. The minimum absolute atomic E-state index is 0.171. The molecule has 0 unspecified atom stereocenters. The normalized spacial score (nSPS) is 10.2. The molecule has 0 radical (unpaired) electrons. The molecule has 5 heteroatoms. The molecule has 0 aromatic heterocycles. The van der Waals surface area contributed by atoms with E-state index >= 15 is 0 Å². The highest BCUT2D eigenvalue weighted by Crippen LogP contribution is 2.16. The van der Waals surface area contributed by atoms with Crippen molar-refractivity contribution in [1.29, 1.82) is 0 Å².